The number of hydrogen-bond acceptors (Lipinski definition) is 5. The summed E-state index contributed by atoms with van der Waals surface area (Å²) in [5.41, 5.74) is 9.48. The molecule has 1 aromatic carbocycles. The Hall–Kier alpha value is -1.50. The molecule has 0 unspecified atom stereocenters. The van der Waals surface area contributed by atoms with Crippen LogP contribution in [0.2, 0.25) is 0 Å². The third kappa shape index (κ3) is 3.15. The molecule has 5 nitrogen and oxygen atoms in total. The van der Waals surface area contributed by atoms with Crippen LogP contribution in [-0.2, 0) is 4.79 Å². The van der Waals surface area contributed by atoms with Crippen molar-refractivity contribution in [2.24, 2.45) is 5.73 Å². The first-order valence-electron chi connectivity index (χ1n) is 6.82. The smallest absolute Gasteiger partial charge is 0.238 e. The maximum atomic E-state index is 12.0. The van der Waals surface area contributed by atoms with Gasteiger partial charge in [0.1, 0.15) is 0 Å². The lowest BCUT2D eigenvalue weighted by atomic mass is 10.1. The first-order chi connectivity index (χ1) is 9.70. The summed E-state index contributed by atoms with van der Waals surface area (Å²) in [5.74, 6) is 0.0318. The summed E-state index contributed by atoms with van der Waals surface area (Å²) >= 11 is 1.58. The van der Waals surface area contributed by atoms with Gasteiger partial charge in [-0.2, -0.15) is 0 Å². The van der Waals surface area contributed by atoms with Crippen LogP contribution in [-0.4, -0.2) is 41.5 Å². The van der Waals surface area contributed by atoms with Gasteiger partial charge in [-0.1, -0.05) is 0 Å². The average Bonchev–Trinajstić information content (AvgIpc) is 2.89. The molecular formula is C14H18N4OS. The van der Waals surface area contributed by atoms with Crippen molar-refractivity contribution in [1.29, 1.82) is 0 Å². The summed E-state index contributed by atoms with van der Waals surface area (Å²) < 4.78 is 1.09. The number of likely N-dealkylation sites (tertiary alicyclic amines) is 1. The minimum absolute atomic E-state index is 0.0318. The summed E-state index contributed by atoms with van der Waals surface area (Å²) in [7, 11) is 0. The molecule has 1 amide bonds. The van der Waals surface area contributed by atoms with Gasteiger partial charge < -0.3 is 11.1 Å². The van der Waals surface area contributed by atoms with Crippen molar-refractivity contribution in [1.82, 2.24) is 9.88 Å². The Morgan fingerprint density at radius 1 is 1.45 bits per heavy atom. The molecule has 1 saturated heterocycles. The molecule has 0 bridgehead atoms. The van der Waals surface area contributed by atoms with Gasteiger partial charge in [0.25, 0.3) is 0 Å². The van der Waals surface area contributed by atoms with Crippen LogP contribution in [0, 0.1) is 0 Å². The fourth-order valence-corrected chi connectivity index (χ4v) is 3.16. The number of hydrogen-bond donors (Lipinski definition) is 2. The molecule has 1 fully saturated rings. The zero-order valence-electron chi connectivity index (χ0n) is 11.2. The van der Waals surface area contributed by atoms with E-state index >= 15 is 0 Å². The summed E-state index contributed by atoms with van der Waals surface area (Å²) in [4.78, 5) is 18.4. The molecule has 20 heavy (non-hydrogen) atoms. The Bertz CT molecular complexity index is 604. The fraction of sp³-hybridized carbons (Fsp3) is 0.429. The van der Waals surface area contributed by atoms with Crippen LogP contribution in [0.5, 0.6) is 0 Å². The highest BCUT2D eigenvalue weighted by atomic mass is 32.1. The van der Waals surface area contributed by atoms with Gasteiger partial charge in [0.05, 0.1) is 22.3 Å². The Balaban J connectivity index is 1.58. The predicted molar refractivity (Wildman–Crippen MR) is 81.9 cm³/mol. The monoisotopic (exact) mass is 290 g/mol. The van der Waals surface area contributed by atoms with E-state index in [0.29, 0.717) is 12.6 Å². The third-order valence-electron chi connectivity index (χ3n) is 3.61. The van der Waals surface area contributed by atoms with E-state index in [1.54, 1.807) is 11.3 Å². The molecule has 3 rings (SSSR count). The van der Waals surface area contributed by atoms with Gasteiger partial charge in [-0.3, -0.25) is 9.69 Å². The van der Waals surface area contributed by atoms with Crippen LogP contribution in [0.25, 0.3) is 10.2 Å². The van der Waals surface area contributed by atoms with Crippen molar-refractivity contribution in [3.8, 4) is 0 Å². The summed E-state index contributed by atoms with van der Waals surface area (Å²) in [5, 5.41) is 2.95. The zero-order valence-corrected chi connectivity index (χ0v) is 12.0. The highest BCUT2D eigenvalue weighted by Gasteiger charge is 2.18. The number of anilines is 1. The molecule has 0 radical (unpaired) electrons. The molecule has 2 aromatic rings. The summed E-state index contributed by atoms with van der Waals surface area (Å²) in [6.45, 7) is 2.25. The minimum atomic E-state index is 0.0318. The SMILES string of the molecule is NC1CCN(CC(=O)Nc2ccc3ncsc3c2)CC1. The van der Waals surface area contributed by atoms with Gasteiger partial charge in [-0.25, -0.2) is 4.98 Å². The van der Waals surface area contributed by atoms with Crippen molar-refractivity contribution in [2.75, 3.05) is 25.0 Å². The molecule has 3 N–H and O–H groups in total. The number of nitrogens with one attached hydrogen (secondary N) is 1. The number of aromatic nitrogens is 1. The molecule has 0 spiro atoms. The number of rotatable bonds is 3. The second-order valence-electron chi connectivity index (χ2n) is 5.20. The number of nitrogens with zero attached hydrogens (tertiary/aromatic N) is 2. The normalized spacial score (nSPS) is 17.4. The van der Waals surface area contributed by atoms with E-state index in [-0.39, 0.29) is 5.91 Å². The van der Waals surface area contributed by atoms with Gasteiger partial charge in [-0.15, -0.1) is 11.3 Å². The summed E-state index contributed by atoms with van der Waals surface area (Å²) in [6, 6.07) is 6.09. The van der Waals surface area contributed by atoms with Crippen molar-refractivity contribution in [3.05, 3.63) is 23.7 Å². The molecule has 1 aliphatic heterocycles. The Morgan fingerprint density at radius 3 is 3.05 bits per heavy atom. The van der Waals surface area contributed by atoms with Gasteiger partial charge >= 0.3 is 0 Å². The largest absolute Gasteiger partial charge is 0.328 e. The van der Waals surface area contributed by atoms with Crippen molar-refractivity contribution < 1.29 is 4.79 Å². The zero-order chi connectivity index (χ0) is 13.9. The second-order valence-corrected chi connectivity index (χ2v) is 6.08. The van der Waals surface area contributed by atoms with Crippen LogP contribution in [0.1, 0.15) is 12.8 Å². The van der Waals surface area contributed by atoms with Crippen molar-refractivity contribution in [3.63, 3.8) is 0 Å². The number of carbonyl (C=O) groups excluding carboxylic acids is 1. The van der Waals surface area contributed by atoms with Crippen LogP contribution in [0.15, 0.2) is 23.7 Å². The van der Waals surface area contributed by atoms with Gasteiger partial charge in [-0.05, 0) is 31.0 Å². The van der Waals surface area contributed by atoms with Crippen molar-refractivity contribution >= 4 is 33.1 Å². The van der Waals surface area contributed by atoms with Gasteiger partial charge in [0, 0.05) is 24.8 Å². The molecule has 1 aliphatic rings. The molecule has 0 aliphatic carbocycles. The maximum absolute atomic E-state index is 12.0. The highest BCUT2D eigenvalue weighted by molar-refractivity contribution is 7.16. The second kappa shape index (κ2) is 5.87. The number of thiazole rings is 1. The van der Waals surface area contributed by atoms with Gasteiger partial charge in [0.15, 0.2) is 0 Å². The Labute approximate surface area is 121 Å². The first-order valence-corrected chi connectivity index (χ1v) is 7.70. The first kappa shape index (κ1) is 13.5. The lowest BCUT2D eigenvalue weighted by Gasteiger charge is -2.29. The molecule has 1 aromatic heterocycles. The average molecular weight is 290 g/mol. The predicted octanol–water partition coefficient (Wildman–Crippen LogP) is 1.66. The quantitative estimate of drug-likeness (QED) is 0.902. The van der Waals surface area contributed by atoms with Crippen LogP contribution >= 0.6 is 11.3 Å². The topological polar surface area (TPSA) is 71.2 Å². The molecular weight excluding hydrogens is 272 g/mol. The minimum Gasteiger partial charge on any atom is -0.328 e. The van der Waals surface area contributed by atoms with E-state index in [1.807, 2.05) is 23.7 Å². The fourth-order valence-electron chi connectivity index (χ4n) is 2.45. The number of piperidine rings is 1. The van der Waals surface area contributed by atoms with Crippen LogP contribution in [0.4, 0.5) is 5.69 Å². The molecule has 2 heterocycles. The van der Waals surface area contributed by atoms with E-state index in [9.17, 15) is 4.79 Å². The Kier molecular flexibility index (Phi) is 3.95. The molecule has 0 saturated carbocycles. The van der Waals surface area contributed by atoms with Crippen LogP contribution < -0.4 is 11.1 Å². The number of fused-ring (bicyclic) bond motifs is 1. The maximum Gasteiger partial charge on any atom is 0.238 e. The standard InChI is InChI=1S/C14H18N4OS/c15-10-3-5-18(6-4-10)8-14(19)17-11-1-2-12-13(7-11)20-9-16-12/h1-2,7,9-10H,3-6,8,15H2,(H,17,19). The van der Waals surface area contributed by atoms with E-state index in [4.69, 9.17) is 5.73 Å². The summed E-state index contributed by atoms with van der Waals surface area (Å²) in [6.07, 6.45) is 1.94. The van der Waals surface area contributed by atoms with E-state index < -0.39 is 0 Å². The van der Waals surface area contributed by atoms with Crippen molar-refractivity contribution in [2.45, 2.75) is 18.9 Å². The van der Waals surface area contributed by atoms with E-state index in [2.05, 4.69) is 15.2 Å². The van der Waals surface area contributed by atoms with E-state index in [1.165, 1.54) is 0 Å². The molecule has 6 heteroatoms. The molecule has 106 valence electrons. The number of carbonyl (C=O) groups is 1. The third-order valence-corrected chi connectivity index (χ3v) is 4.41. The van der Waals surface area contributed by atoms with Gasteiger partial charge in [0.2, 0.25) is 5.91 Å². The highest BCUT2D eigenvalue weighted by Crippen LogP contribution is 2.21. The number of nitrogens with two attached hydrogens (primary N) is 1. The Morgan fingerprint density at radius 2 is 2.25 bits per heavy atom. The number of benzene rings is 1. The lowest BCUT2D eigenvalue weighted by Crippen LogP contribution is -2.43. The number of amides is 1. The molecule has 0 atom stereocenters. The van der Waals surface area contributed by atoms with Crippen LogP contribution in [0.3, 0.4) is 0 Å². The van der Waals surface area contributed by atoms with E-state index in [0.717, 1.165) is 41.8 Å². The lowest BCUT2D eigenvalue weighted by molar-refractivity contribution is -0.117.